The molecule has 0 aliphatic heterocycles. The van der Waals surface area contributed by atoms with E-state index in [1.807, 2.05) is 20.8 Å². The number of nitrogens with one attached hydrogen (secondary N) is 1. The van der Waals surface area contributed by atoms with Crippen LogP contribution in [0.15, 0.2) is 0 Å². The lowest BCUT2D eigenvalue weighted by molar-refractivity contribution is -0.122. The number of hydrogen-bond acceptors (Lipinski definition) is 3. The van der Waals surface area contributed by atoms with E-state index in [1.54, 1.807) is 6.92 Å². The number of carbonyl (C=O) groups excluding carboxylic acids is 1. The Morgan fingerprint density at radius 1 is 1.38 bits per heavy atom. The van der Waals surface area contributed by atoms with Gasteiger partial charge in [-0.15, -0.1) is 11.6 Å². The zero-order valence-electron chi connectivity index (χ0n) is 10.1. The maximum atomic E-state index is 11.5. The van der Waals surface area contributed by atoms with Crippen molar-refractivity contribution in [1.29, 1.82) is 0 Å². The topological polar surface area (TPSA) is 66.5 Å². The summed E-state index contributed by atoms with van der Waals surface area (Å²) in [6, 6.07) is 0. The van der Waals surface area contributed by atoms with Crippen LogP contribution in [-0.4, -0.2) is 42.5 Å². The maximum absolute atomic E-state index is 11.5. The van der Waals surface area contributed by atoms with Gasteiger partial charge in [0, 0.05) is 12.1 Å². The number of nitrogens with zero attached hydrogens (tertiary/aromatic N) is 1. The van der Waals surface area contributed by atoms with E-state index >= 15 is 0 Å². The Morgan fingerprint density at radius 3 is 2.19 bits per heavy atom. The molecule has 0 saturated carbocycles. The number of rotatable bonds is 5. The molecule has 16 heavy (non-hydrogen) atoms. The largest absolute Gasteiger partial charge is 0.350 e. The van der Waals surface area contributed by atoms with Crippen molar-refractivity contribution in [2.75, 3.05) is 18.3 Å². The number of sulfonamides is 1. The molecular formula is C9H19ClN2O3S. The average Bonchev–Trinajstić information content (AvgIpc) is 2.11. The van der Waals surface area contributed by atoms with E-state index in [1.165, 1.54) is 0 Å². The van der Waals surface area contributed by atoms with Gasteiger partial charge < -0.3 is 5.32 Å². The number of carbonyl (C=O) groups is 1. The number of likely N-dealkylation sites (N-methyl/N-ethyl adjacent to an activating group) is 1. The van der Waals surface area contributed by atoms with Crippen LogP contribution in [0.4, 0.5) is 0 Å². The molecular weight excluding hydrogens is 252 g/mol. The highest BCUT2D eigenvalue weighted by Crippen LogP contribution is 2.04. The molecule has 0 aliphatic rings. The molecule has 7 heteroatoms. The number of alkyl halides is 1. The minimum absolute atomic E-state index is 0.192. The average molecular weight is 271 g/mol. The van der Waals surface area contributed by atoms with Crippen LogP contribution < -0.4 is 5.32 Å². The van der Waals surface area contributed by atoms with Gasteiger partial charge in [0.25, 0.3) is 0 Å². The van der Waals surface area contributed by atoms with Crippen LogP contribution in [0.25, 0.3) is 0 Å². The van der Waals surface area contributed by atoms with E-state index in [0.29, 0.717) is 0 Å². The molecule has 0 rings (SSSR count). The predicted octanol–water partition coefficient (Wildman–Crippen LogP) is 0.749. The van der Waals surface area contributed by atoms with E-state index in [0.717, 1.165) is 4.31 Å². The van der Waals surface area contributed by atoms with Crippen LogP contribution in [0.3, 0.4) is 0 Å². The molecule has 96 valence electrons. The Labute approximate surface area is 102 Å². The lowest BCUT2D eigenvalue weighted by atomic mass is 10.1. The Kier molecular flexibility index (Phi) is 5.72. The van der Waals surface area contributed by atoms with Gasteiger partial charge in [-0.1, -0.05) is 6.92 Å². The van der Waals surface area contributed by atoms with Crippen molar-refractivity contribution < 1.29 is 13.2 Å². The summed E-state index contributed by atoms with van der Waals surface area (Å²) in [5.41, 5.74) is -0.374. The summed E-state index contributed by atoms with van der Waals surface area (Å²) in [7, 11) is -3.52. The third-order valence-electron chi connectivity index (χ3n) is 1.72. The van der Waals surface area contributed by atoms with Crippen LogP contribution in [0.5, 0.6) is 0 Å². The van der Waals surface area contributed by atoms with Gasteiger partial charge in [0.1, 0.15) is 5.21 Å². The minimum Gasteiger partial charge on any atom is -0.350 e. The van der Waals surface area contributed by atoms with Crippen LogP contribution in [-0.2, 0) is 14.8 Å². The molecule has 0 aromatic heterocycles. The summed E-state index contributed by atoms with van der Waals surface area (Å²) in [4.78, 5) is 11.5. The third kappa shape index (κ3) is 5.67. The van der Waals surface area contributed by atoms with E-state index < -0.39 is 15.2 Å². The van der Waals surface area contributed by atoms with E-state index in [9.17, 15) is 13.2 Å². The maximum Gasteiger partial charge on any atom is 0.235 e. The summed E-state index contributed by atoms with van der Waals surface area (Å²) in [6.45, 7) is 7.19. The van der Waals surface area contributed by atoms with E-state index in [2.05, 4.69) is 5.32 Å². The van der Waals surface area contributed by atoms with Gasteiger partial charge in [0.05, 0.1) is 6.54 Å². The molecule has 0 spiro atoms. The molecule has 0 aromatic carbocycles. The SMILES string of the molecule is CCN(CC(=O)NC(C)(C)C)S(=O)(=O)CCl. The smallest absolute Gasteiger partial charge is 0.235 e. The van der Waals surface area contributed by atoms with Crippen molar-refractivity contribution in [3.63, 3.8) is 0 Å². The molecule has 5 nitrogen and oxygen atoms in total. The van der Waals surface area contributed by atoms with Gasteiger partial charge in [-0.2, -0.15) is 4.31 Å². The fourth-order valence-electron chi connectivity index (χ4n) is 1.09. The summed E-state index contributed by atoms with van der Waals surface area (Å²) < 4.78 is 23.9. The first-order valence-corrected chi connectivity index (χ1v) is 7.11. The Bertz CT molecular complexity index is 335. The second kappa shape index (κ2) is 5.84. The van der Waals surface area contributed by atoms with Crippen molar-refractivity contribution in [3.8, 4) is 0 Å². The summed E-state index contributed by atoms with van der Waals surface area (Å²) in [6.07, 6.45) is 0. The standard InChI is InChI=1S/C9H19ClN2O3S/c1-5-12(16(14,15)7-10)6-8(13)11-9(2,3)4/h5-7H2,1-4H3,(H,11,13). The zero-order chi connectivity index (χ0) is 13.0. The van der Waals surface area contributed by atoms with Crippen LogP contribution in [0, 0.1) is 0 Å². The van der Waals surface area contributed by atoms with Gasteiger partial charge in [-0.25, -0.2) is 8.42 Å². The second-order valence-corrected chi connectivity index (χ2v) is 7.00. The van der Waals surface area contributed by atoms with E-state index in [-0.39, 0.29) is 24.5 Å². The predicted molar refractivity (Wildman–Crippen MR) is 64.8 cm³/mol. The molecule has 0 atom stereocenters. The van der Waals surface area contributed by atoms with Crippen LogP contribution >= 0.6 is 11.6 Å². The minimum atomic E-state index is -3.52. The second-order valence-electron chi connectivity index (χ2n) is 4.45. The lowest BCUT2D eigenvalue weighted by Gasteiger charge is -2.24. The summed E-state index contributed by atoms with van der Waals surface area (Å²) in [5.74, 6) is -0.331. The van der Waals surface area contributed by atoms with Crippen molar-refractivity contribution in [3.05, 3.63) is 0 Å². The summed E-state index contributed by atoms with van der Waals surface area (Å²) in [5, 5.41) is 2.18. The number of amides is 1. The molecule has 0 aliphatic carbocycles. The Morgan fingerprint density at radius 2 is 1.88 bits per heavy atom. The lowest BCUT2D eigenvalue weighted by Crippen LogP contribution is -2.47. The molecule has 0 fully saturated rings. The Hall–Kier alpha value is -0.330. The number of hydrogen-bond donors (Lipinski definition) is 1. The van der Waals surface area contributed by atoms with Crippen molar-refractivity contribution in [2.24, 2.45) is 0 Å². The van der Waals surface area contributed by atoms with Gasteiger partial charge in [0.2, 0.25) is 15.9 Å². The molecule has 0 saturated heterocycles. The quantitative estimate of drug-likeness (QED) is 0.750. The highest BCUT2D eigenvalue weighted by Gasteiger charge is 2.23. The first-order chi connectivity index (χ1) is 7.12. The molecule has 1 N–H and O–H groups in total. The zero-order valence-corrected chi connectivity index (χ0v) is 11.7. The van der Waals surface area contributed by atoms with Gasteiger partial charge >= 0.3 is 0 Å². The molecule has 0 heterocycles. The van der Waals surface area contributed by atoms with Crippen LogP contribution in [0.2, 0.25) is 0 Å². The molecule has 0 unspecified atom stereocenters. The van der Waals surface area contributed by atoms with Crippen molar-refractivity contribution >= 4 is 27.5 Å². The fourth-order valence-corrected chi connectivity index (χ4v) is 2.35. The van der Waals surface area contributed by atoms with Crippen molar-refractivity contribution in [2.45, 2.75) is 33.2 Å². The monoisotopic (exact) mass is 270 g/mol. The molecule has 0 aromatic rings. The first kappa shape index (κ1) is 15.7. The molecule has 1 amide bonds. The highest BCUT2D eigenvalue weighted by atomic mass is 35.5. The van der Waals surface area contributed by atoms with E-state index in [4.69, 9.17) is 11.6 Å². The Balaban J connectivity index is 4.52. The highest BCUT2D eigenvalue weighted by molar-refractivity contribution is 7.90. The molecule has 0 bridgehead atoms. The molecule has 0 radical (unpaired) electrons. The van der Waals surface area contributed by atoms with Gasteiger partial charge in [-0.05, 0) is 20.8 Å². The van der Waals surface area contributed by atoms with Crippen LogP contribution in [0.1, 0.15) is 27.7 Å². The third-order valence-corrected chi connectivity index (χ3v) is 4.00. The van der Waals surface area contributed by atoms with Gasteiger partial charge in [0.15, 0.2) is 0 Å². The number of halogens is 1. The fraction of sp³-hybridized carbons (Fsp3) is 0.889. The summed E-state index contributed by atoms with van der Waals surface area (Å²) >= 11 is 5.32. The van der Waals surface area contributed by atoms with Crippen molar-refractivity contribution in [1.82, 2.24) is 9.62 Å². The first-order valence-electron chi connectivity index (χ1n) is 4.97. The normalized spacial score (nSPS) is 12.9. The van der Waals surface area contributed by atoms with Gasteiger partial charge in [-0.3, -0.25) is 4.79 Å².